The summed E-state index contributed by atoms with van der Waals surface area (Å²) in [7, 11) is 1.64. The highest BCUT2D eigenvalue weighted by Crippen LogP contribution is 2.31. The van der Waals surface area contributed by atoms with E-state index >= 15 is 0 Å². The lowest BCUT2D eigenvalue weighted by molar-refractivity contribution is 0.102. The van der Waals surface area contributed by atoms with Crippen LogP contribution < -0.4 is 0 Å². The summed E-state index contributed by atoms with van der Waals surface area (Å²) in [6.07, 6.45) is 6.21. The molecule has 2 nitrogen and oxygen atoms in total. The Hall–Kier alpha value is -1.19. The third-order valence-electron chi connectivity index (χ3n) is 2.75. The standard InChI is InChI=1S/C14H13BrO2/c1-17-14(15)9-7-12(8-10-14)13(16)11-5-3-2-4-6-11/h2-9H,10H2,1H3. The van der Waals surface area contributed by atoms with E-state index in [-0.39, 0.29) is 5.78 Å². The molecule has 1 aromatic rings. The van der Waals surface area contributed by atoms with Crippen LogP contribution in [0.2, 0.25) is 0 Å². The van der Waals surface area contributed by atoms with Gasteiger partial charge in [-0.1, -0.05) is 42.5 Å². The molecule has 0 aromatic heterocycles. The van der Waals surface area contributed by atoms with Crippen LogP contribution in [0.1, 0.15) is 16.8 Å². The van der Waals surface area contributed by atoms with E-state index in [0.717, 1.165) is 0 Å². The molecule has 0 fully saturated rings. The van der Waals surface area contributed by atoms with Crippen molar-refractivity contribution in [3.63, 3.8) is 0 Å². The number of halogens is 1. The Balaban J connectivity index is 2.17. The summed E-state index contributed by atoms with van der Waals surface area (Å²) in [5.41, 5.74) is 1.42. The third kappa shape index (κ3) is 2.73. The molecule has 2 rings (SSSR count). The largest absolute Gasteiger partial charge is 0.363 e. The molecule has 3 heteroatoms. The van der Waals surface area contributed by atoms with E-state index in [2.05, 4.69) is 15.9 Å². The Labute approximate surface area is 109 Å². The lowest BCUT2D eigenvalue weighted by atomic mass is 9.97. The van der Waals surface area contributed by atoms with Crippen molar-refractivity contribution in [3.8, 4) is 0 Å². The zero-order chi connectivity index (χ0) is 12.3. The molecule has 1 aliphatic rings. The van der Waals surface area contributed by atoms with Gasteiger partial charge in [0.1, 0.15) is 4.51 Å². The number of benzene rings is 1. The van der Waals surface area contributed by atoms with Gasteiger partial charge in [0, 0.05) is 24.7 Å². The molecular weight excluding hydrogens is 280 g/mol. The van der Waals surface area contributed by atoms with E-state index in [4.69, 9.17) is 4.74 Å². The first-order chi connectivity index (χ1) is 8.14. The number of allylic oxidation sites excluding steroid dienone is 2. The molecule has 0 bridgehead atoms. The highest BCUT2D eigenvalue weighted by atomic mass is 79.9. The van der Waals surface area contributed by atoms with Crippen molar-refractivity contribution in [2.24, 2.45) is 0 Å². The highest BCUT2D eigenvalue weighted by molar-refractivity contribution is 9.10. The molecule has 0 saturated carbocycles. The van der Waals surface area contributed by atoms with Crippen LogP contribution in [0.25, 0.3) is 0 Å². The molecule has 1 atom stereocenters. The van der Waals surface area contributed by atoms with Gasteiger partial charge in [-0.3, -0.25) is 4.79 Å². The zero-order valence-corrected chi connectivity index (χ0v) is 11.1. The Kier molecular flexibility index (Phi) is 3.60. The average Bonchev–Trinajstić information content (AvgIpc) is 2.40. The first-order valence-corrected chi connectivity index (χ1v) is 6.17. The van der Waals surface area contributed by atoms with Gasteiger partial charge in [-0.15, -0.1) is 0 Å². The fourth-order valence-corrected chi connectivity index (χ4v) is 1.97. The van der Waals surface area contributed by atoms with Crippen LogP contribution >= 0.6 is 15.9 Å². The first-order valence-electron chi connectivity index (χ1n) is 5.38. The molecule has 1 aliphatic carbocycles. The van der Waals surface area contributed by atoms with Gasteiger partial charge in [-0.05, 0) is 22.0 Å². The molecule has 17 heavy (non-hydrogen) atoms. The minimum Gasteiger partial charge on any atom is -0.363 e. The van der Waals surface area contributed by atoms with Crippen LogP contribution in [0.15, 0.2) is 54.1 Å². The van der Waals surface area contributed by atoms with E-state index in [1.165, 1.54) is 0 Å². The number of carbonyl (C=O) groups excluding carboxylic acids is 1. The molecule has 88 valence electrons. The van der Waals surface area contributed by atoms with Crippen molar-refractivity contribution in [3.05, 3.63) is 59.7 Å². The number of hydrogen-bond acceptors (Lipinski definition) is 2. The minimum atomic E-state index is -0.465. The third-order valence-corrected chi connectivity index (χ3v) is 3.66. The second-order valence-corrected chi connectivity index (χ2v) is 5.22. The summed E-state index contributed by atoms with van der Waals surface area (Å²) in [5.74, 6) is 0.0486. The topological polar surface area (TPSA) is 26.3 Å². The first kappa shape index (κ1) is 12.3. The number of hydrogen-bond donors (Lipinski definition) is 0. The number of ketones is 1. The van der Waals surface area contributed by atoms with Crippen molar-refractivity contribution in [1.82, 2.24) is 0 Å². The van der Waals surface area contributed by atoms with Gasteiger partial charge < -0.3 is 4.74 Å². The molecule has 0 radical (unpaired) electrons. The van der Waals surface area contributed by atoms with Gasteiger partial charge in [0.2, 0.25) is 0 Å². The Morgan fingerprint density at radius 3 is 2.59 bits per heavy atom. The lowest BCUT2D eigenvalue weighted by Crippen LogP contribution is -2.22. The van der Waals surface area contributed by atoms with Crippen LogP contribution in [0.5, 0.6) is 0 Å². The smallest absolute Gasteiger partial charge is 0.192 e. The number of rotatable bonds is 3. The number of Topliss-reactive ketones (excluding diaryl/α,β-unsaturated/α-hetero) is 1. The van der Waals surface area contributed by atoms with Gasteiger partial charge in [0.25, 0.3) is 0 Å². The van der Waals surface area contributed by atoms with Crippen molar-refractivity contribution in [2.45, 2.75) is 10.9 Å². The normalized spacial score (nSPS) is 23.3. The molecule has 0 saturated heterocycles. The summed E-state index contributed by atoms with van der Waals surface area (Å²) >= 11 is 3.46. The van der Waals surface area contributed by atoms with Crippen LogP contribution in [0.4, 0.5) is 0 Å². The Morgan fingerprint density at radius 1 is 1.35 bits per heavy atom. The van der Waals surface area contributed by atoms with Crippen LogP contribution in [-0.4, -0.2) is 17.4 Å². The van der Waals surface area contributed by atoms with Crippen molar-refractivity contribution in [1.29, 1.82) is 0 Å². The van der Waals surface area contributed by atoms with Crippen molar-refractivity contribution in [2.75, 3.05) is 7.11 Å². The van der Waals surface area contributed by atoms with Gasteiger partial charge in [0.05, 0.1) is 0 Å². The maximum absolute atomic E-state index is 12.1. The molecular formula is C14H13BrO2. The molecule has 0 N–H and O–H groups in total. The van der Waals surface area contributed by atoms with Crippen molar-refractivity contribution < 1.29 is 9.53 Å². The van der Waals surface area contributed by atoms with E-state index in [0.29, 0.717) is 17.6 Å². The lowest BCUT2D eigenvalue weighted by Gasteiger charge is -2.23. The second kappa shape index (κ2) is 4.98. The molecule has 0 spiro atoms. The fraction of sp³-hybridized carbons (Fsp3) is 0.214. The SMILES string of the molecule is COC1(Br)C=CC(C(=O)c2ccccc2)=CC1. The highest BCUT2D eigenvalue weighted by Gasteiger charge is 2.25. The molecule has 1 unspecified atom stereocenters. The molecule has 0 heterocycles. The average molecular weight is 293 g/mol. The van der Waals surface area contributed by atoms with E-state index in [9.17, 15) is 4.79 Å². The van der Waals surface area contributed by atoms with Crippen LogP contribution in [-0.2, 0) is 4.74 Å². The van der Waals surface area contributed by atoms with Gasteiger partial charge in [-0.25, -0.2) is 0 Å². The van der Waals surface area contributed by atoms with E-state index < -0.39 is 4.51 Å². The zero-order valence-electron chi connectivity index (χ0n) is 9.52. The molecule has 0 amide bonds. The summed E-state index contributed by atoms with van der Waals surface area (Å²) < 4.78 is 4.82. The summed E-state index contributed by atoms with van der Waals surface area (Å²) in [4.78, 5) is 12.1. The number of carbonyl (C=O) groups is 1. The monoisotopic (exact) mass is 292 g/mol. The quantitative estimate of drug-likeness (QED) is 0.630. The van der Waals surface area contributed by atoms with Crippen molar-refractivity contribution >= 4 is 21.7 Å². The maximum atomic E-state index is 12.1. The number of alkyl halides is 1. The second-order valence-electron chi connectivity index (χ2n) is 3.88. The number of ether oxygens (including phenoxy) is 1. The van der Waals surface area contributed by atoms with E-state index in [1.807, 2.05) is 42.5 Å². The Morgan fingerprint density at radius 2 is 2.06 bits per heavy atom. The van der Waals surface area contributed by atoms with Crippen LogP contribution in [0.3, 0.4) is 0 Å². The predicted molar refractivity (Wildman–Crippen MR) is 71.3 cm³/mol. The van der Waals surface area contributed by atoms with Gasteiger partial charge in [0.15, 0.2) is 5.78 Å². The number of methoxy groups -OCH3 is 1. The fourth-order valence-electron chi connectivity index (χ4n) is 1.68. The summed E-state index contributed by atoms with van der Waals surface area (Å²) in [6.45, 7) is 0. The molecule has 1 aromatic carbocycles. The predicted octanol–water partition coefficient (Wildman–Crippen LogP) is 3.49. The van der Waals surface area contributed by atoms with Crippen LogP contribution in [0, 0.1) is 0 Å². The van der Waals surface area contributed by atoms with Gasteiger partial charge in [-0.2, -0.15) is 0 Å². The minimum absolute atomic E-state index is 0.0486. The molecule has 0 aliphatic heterocycles. The summed E-state index contributed by atoms with van der Waals surface area (Å²) in [5, 5.41) is 0. The van der Waals surface area contributed by atoms with E-state index in [1.54, 1.807) is 13.2 Å². The Bertz CT molecular complexity index is 476. The maximum Gasteiger partial charge on any atom is 0.192 e. The summed E-state index contributed by atoms with van der Waals surface area (Å²) in [6, 6.07) is 9.28. The van der Waals surface area contributed by atoms with Gasteiger partial charge >= 0.3 is 0 Å².